The van der Waals surface area contributed by atoms with Crippen LogP contribution in [-0.2, 0) is 9.53 Å². The molecule has 2 aromatic heterocycles. The number of rotatable bonds is 4. The summed E-state index contributed by atoms with van der Waals surface area (Å²) in [6, 6.07) is 3.81. The number of thiocarbonyl (C=S) groups is 1. The molecule has 0 radical (unpaired) electrons. The molecule has 174 valence electrons. The highest BCUT2D eigenvalue weighted by Gasteiger charge is 2.35. The van der Waals surface area contributed by atoms with Crippen molar-refractivity contribution in [3.8, 4) is 0 Å². The summed E-state index contributed by atoms with van der Waals surface area (Å²) in [5.41, 5.74) is 1.82. The number of nitrogens with zero attached hydrogens (tertiary/aromatic N) is 5. The second-order valence-corrected chi connectivity index (χ2v) is 10.5. The first kappa shape index (κ1) is 22.5. The van der Waals surface area contributed by atoms with Crippen LogP contribution in [0.25, 0.3) is 11.7 Å². The van der Waals surface area contributed by atoms with Crippen molar-refractivity contribution in [2.75, 3.05) is 51.3 Å². The number of aromatic nitrogens is 2. The average molecular weight is 486 g/mol. The molecule has 0 N–H and O–H groups in total. The summed E-state index contributed by atoms with van der Waals surface area (Å²) >= 11 is 6.74. The lowest BCUT2D eigenvalue weighted by Gasteiger charge is -2.34. The Bertz CT molecular complexity index is 1200. The highest BCUT2D eigenvalue weighted by Crippen LogP contribution is 2.34. The Hall–Kier alpha value is -2.27. The Labute approximate surface area is 202 Å². The molecule has 3 aliphatic heterocycles. The molecule has 8 nitrogen and oxygen atoms in total. The summed E-state index contributed by atoms with van der Waals surface area (Å²) in [6.07, 6.45) is 5.43. The van der Waals surface area contributed by atoms with Crippen molar-refractivity contribution in [2.24, 2.45) is 0 Å². The van der Waals surface area contributed by atoms with E-state index in [0.717, 1.165) is 51.2 Å². The molecule has 0 spiro atoms. The Morgan fingerprint density at radius 2 is 2.03 bits per heavy atom. The van der Waals surface area contributed by atoms with Gasteiger partial charge >= 0.3 is 0 Å². The first-order valence-electron chi connectivity index (χ1n) is 11.2. The highest BCUT2D eigenvalue weighted by molar-refractivity contribution is 8.26. The van der Waals surface area contributed by atoms with Crippen molar-refractivity contribution in [1.82, 2.24) is 19.2 Å². The molecule has 2 aromatic rings. The van der Waals surface area contributed by atoms with Crippen LogP contribution in [0.15, 0.2) is 28.0 Å². The number of hydrogen-bond donors (Lipinski definition) is 0. The number of ether oxygens (including phenoxy) is 1. The maximum Gasteiger partial charge on any atom is 0.267 e. The van der Waals surface area contributed by atoms with Gasteiger partial charge in [-0.2, -0.15) is 0 Å². The highest BCUT2D eigenvalue weighted by atomic mass is 32.2. The topological polar surface area (TPSA) is 70.4 Å². The number of carbonyl (C=O) groups is 1. The zero-order valence-electron chi connectivity index (χ0n) is 18.8. The zero-order chi connectivity index (χ0) is 23.1. The Morgan fingerprint density at radius 1 is 1.24 bits per heavy atom. The first-order chi connectivity index (χ1) is 15.9. The number of aryl methyl sites for hydroxylation is 1. The summed E-state index contributed by atoms with van der Waals surface area (Å²) in [5, 5.41) is 0. The second kappa shape index (κ2) is 9.17. The van der Waals surface area contributed by atoms with Gasteiger partial charge in [0.2, 0.25) is 0 Å². The smallest absolute Gasteiger partial charge is 0.267 e. The van der Waals surface area contributed by atoms with Gasteiger partial charge in [0.25, 0.3) is 11.5 Å². The number of pyridine rings is 1. The number of carbonyl (C=O) groups excluding carboxylic acids is 1. The van der Waals surface area contributed by atoms with Crippen molar-refractivity contribution in [1.29, 1.82) is 0 Å². The molecule has 3 fully saturated rings. The molecule has 0 unspecified atom stereocenters. The van der Waals surface area contributed by atoms with Gasteiger partial charge in [0, 0.05) is 39.0 Å². The van der Waals surface area contributed by atoms with Crippen LogP contribution in [-0.4, -0.2) is 81.9 Å². The minimum absolute atomic E-state index is 0.0173. The summed E-state index contributed by atoms with van der Waals surface area (Å²) < 4.78 is 7.76. The summed E-state index contributed by atoms with van der Waals surface area (Å²) in [5.74, 6) is 0.458. The van der Waals surface area contributed by atoms with E-state index in [1.165, 1.54) is 11.8 Å². The third-order valence-electron chi connectivity index (χ3n) is 6.35. The third-order valence-corrected chi connectivity index (χ3v) is 7.73. The first-order valence-corrected chi connectivity index (χ1v) is 12.5. The largest absolute Gasteiger partial charge is 0.376 e. The molecule has 33 heavy (non-hydrogen) atoms. The molecule has 5 heterocycles. The van der Waals surface area contributed by atoms with E-state index >= 15 is 0 Å². The van der Waals surface area contributed by atoms with Crippen LogP contribution in [0, 0.1) is 6.92 Å². The fourth-order valence-corrected chi connectivity index (χ4v) is 5.67. The molecule has 5 rings (SSSR count). The SMILES string of the molecule is Cc1ccc2nc(N3CCN(C)CC3)c(/C=C3\SC(=S)N(C[C@H]4CCCO4)C3=O)c(=O)n2c1. The number of amides is 1. The van der Waals surface area contributed by atoms with E-state index in [-0.39, 0.29) is 17.6 Å². The molecule has 10 heteroatoms. The van der Waals surface area contributed by atoms with E-state index in [1.807, 2.05) is 19.1 Å². The van der Waals surface area contributed by atoms with Gasteiger partial charge in [0.1, 0.15) is 15.8 Å². The van der Waals surface area contributed by atoms with Crippen molar-refractivity contribution in [2.45, 2.75) is 25.9 Å². The molecular weight excluding hydrogens is 458 g/mol. The van der Waals surface area contributed by atoms with E-state index in [0.29, 0.717) is 32.8 Å². The van der Waals surface area contributed by atoms with Crippen molar-refractivity contribution < 1.29 is 9.53 Å². The summed E-state index contributed by atoms with van der Waals surface area (Å²) in [4.78, 5) is 38.1. The van der Waals surface area contributed by atoms with Crippen molar-refractivity contribution >= 4 is 51.7 Å². The lowest BCUT2D eigenvalue weighted by molar-refractivity contribution is -0.123. The second-order valence-electron chi connectivity index (χ2n) is 8.81. The van der Waals surface area contributed by atoms with Crippen LogP contribution >= 0.6 is 24.0 Å². The molecule has 0 aliphatic carbocycles. The van der Waals surface area contributed by atoms with Gasteiger partial charge in [-0.05, 0) is 44.5 Å². The van der Waals surface area contributed by atoms with E-state index in [2.05, 4.69) is 16.8 Å². The Balaban J connectivity index is 1.56. The van der Waals surface area contributed by atoms with E-state index in [1.54, 1.807) is 21.6 Å². The molecule has 3 saturated heterocycles. The van der Waals surface area contributed by atoms with Crippen molar-refractivity contribution in [3.05, 3.63) is 44.7 Å². The van der Waals surface area contributed by atoms with Crippen LogP contribution < -0.4 is 10.5 Å². The molecule has 1 atom stereocenters. The van der Waals surface area contributed by atoms with Gasteiger partial charge in [-0.25, -0.2) is 4.98 Å². The lowest BCUT2D eigenvalue weighted by atomic mass is 10.2. The van der Waals surface area contributed by atoms with Crippen LogP contribution in [0.5, 0.6) is 0 Å². The summed E-state index contributed by atoms with van der Waals surface area (Å²) in [6.45, 7) is 6.44. The van der Waals surface area contributed by atoms with Gasteiger partial charge in [-0.3, -0.25) is 18.9 Å². The number of likely N-dealkylation sites (N-methyl/N-ethyl adjacent to an activating group) is 1. The predicted molar refractivity (Wildman–Crippen MR) is 135 cm³/mol. The van der Waals surface area contributed by atoms with Crippen molar-refractivity contribution in [3.63, 3.8) is 0 Å². The molecule has 3 aliphatic rings. The molecule has 0 saturated carbocycles. The lowest BCUT2D eigenvalue weighted by Crippen LogP contribution is -2.45. The van der Waals surface area contributed by atoms with Gasteiger partial charge in [0.05, 0.1) is 23.1 Å². The Kier molecular flexibility index (Phi) is 6.26. The monoisotopic (exact) mass is 485 g/mol. The summed E-state index contributed by atoms with van der Waals surface area (Å²) in [7, 11) is 2.09. The van der Waals surface area contributed by atoms with Crippen LogP contribution in [0.3, 0.4) is 0 Å². The van der Waals surface area contributed by atoms with Gasteiger partial charge in [0.15, 0.2) is 0 Å². The fourth-order valence-electron chi connectivity index (χ4n) is 4.41. The predicted octanol–water partition coefficient (Wildman–Crippen LogP) is 2.13. The van der Waals surface area contributed by atoms with E-state index in [9.17, 15) is 9.59 Å². The number of thioether (sulfide) groups is 1. The minimum Gasteiger partial charge on any atom is -0.376 e. The number of anilines is 1. The molecule has 0 aromatic carbocycles. The molecular formula is C23H27N5O3S2. The van der Waals surface area contributed by atoms with Crippen LogP contribution in [0.1, 0.15) is 24.0 Å². The number of hydrogen-bond acceptors (Lipinski definition) is 8. The number of fused-ring (bicyclic) bond motifs is 1. The maximum atomic E-state index is 13.6. The minimum atomic E-state index is -0.179. The van der Waals surface area contributed by atoms with Gasteiger partial charge < -0.3 is 14.5 Å². The Morgan fingerprint density at radius 3 is 2.76 bits per heavy atom. The molecule has 0 bridgehead atoms. The normalized spacial score (nSPS) is 23.5. The standard InChI is InChI=1S/C23H27N5O3S2/c1-15-5-6-19-24-20(26-9-7-25(2)8-10-26)17(21(29)27(19)13-15)12-18-22(30)28(23(32)33-18)14-16-4-3-11-31-16/h5-6,12-13,16H,3-4,7-11,14H2,1-2H3/b18-12-/t16-/m1/s1. The average Bonchev–Trinajstić information content (AvgIpc) is 3.41. The van der Waals surface area contributed by atoms with Crippen LogP contribution in [0.2, 0.25) is 0 Å². The van der Waals surface area contributed by atoms with E-state index in [4.69, 9.17) is 21.9 Å². The van der Waals surface area contributed by atoms with Gasteiger partial charge in [-0.1, -0.05) is 30.0 Å². The van der Waals surface area contributed by atoms with Gasteiger partial charge in [-0.15, -0.1) is 0 Å². The third kappa shape index (κ3) is 4.44. The van der Waals surface area contributed by atoms with Crippen LogP contribution in [0.4, 0.5) is 5.82 Å². The number of piperazine rings is 1. The zero-order valence-corrected chi connectivity index (χ0v) is 20.5. The quantitative estimate of drug-likeness (QED) is 0.482. The molecule has 1 amide bonds. The van der Waals surface area contributed by atoms with E-state index < -0.39 is 0 Å². The maximum absolute atomic E-state index is 13.6. The fraction of sp³-hybridized carbons (Fsp3) is 0.478.